The van der Waals surface area contributed by atoms with E-state index in [-0.39, 0.29) is 17.3 Å². The summed E-state index contributed by atoms with van der Waals surface area (Å²) in [5, 5.41) is 9.20. The molecule has 1 aliphatic rings. The monoisotopic (exact) mass is 296 g/mol. The molecule has 5 nitrogen and oxygen atoms in total. The number of carbonyl (C=O) groups is 1. The van der Waals surface area contributed by atoms with Crippen LogP contribution < -0.4 is 10.5 Å². The molecule has 0 fully saturated rings. The maximum atomic E-state index is 11.2. The fourth-order valence-corrected chi connectivity index (χ4v) is 2.51. The second-order valence-electron chi connectivity index (χ2n) is 5.12. The summed E-state index contributed by atoms with van der Waals surface area (Å²) in [5.41, 5.74) is 7.65. The number of ether oxygens (including phenoxy) is 1. The third-order valence-electron chi connectivity index (χ3n) is 3.56. The first-order valence-corrected chi connectivity index (χ1v) is 7.11. The van der Waals surface area contributed by atoms with Crippen LogP contribution in [0.5, 0.6) is 11.6 Å². The third-order valence-corrected chi connectivity index (χ3v) is 3.56. The highest BCUT2D eigenvalue weighted by Crippen LogP contribution is 2.36. The van der Waals surface area contributed by atoms with E-state index in [1.807, 2.05) is 18.2 Å². The quantitative estimate of drug-likeness (QED) is 0.898. The molecule has 0 unspecified atom stereocenters. The van der Waals surface area contributed by atoms with E-state index in [2.05, 4.69) is 11.1 Å². The molecule has 0 aliphatic heterocycles. The predicted octanol–water partition coefficient (Wildman–Crippen LogP) is 3.72. The summed E-state index contributed by atoms with van der Waals surface area (Å²) in [6, 6.07) is 10.8. The lowest BCUT2D eigenvalue weighted by Crippen LogP contribution is -2.08. The molecule has 112 valence electrons. The zero-order valence-corrected chi connectivity index (χ0v) is 12.0. The number of anilines is 1. The number of nitrogens with zero attached hydrogens (tertiary/aromatic N) is 1. The van der Waals surface area contributed by atoms with E-state index >= 15 is 0 Å². The number of aromatic carboxylic acids is 1. The summed E-state index contributed by atoms with van der Waals surface area (Å²) < 4.78 is 5.80. The van der Waals surface area contributed by atoms with E-state index in [1.54, 1.807) is 18.2 Å². The second-order valence-corrected chi connectivity index (χ2v) is 5.12. The predicted molar refractivity (Wildman–Crippen MR) is 84.0 cm³/mol. The van der Waals surface area contributed by atoms with Crippen LogP contribution in [0.15, 0.2) is 42.5 Å². The Balaban J connectivity index is 2.07. The maximum absolute atomic E-state index is 11.2. The number of benzene rings is 1. The van der Waals surface area contributed by atoms with E-state index in [0.717, 1.165) is 30.4 Å². The Morgan fingerprint density at radius 1 is 1.27 bits per heavy atom. The van der Waals surface area contributed by atoms with E-state index in [1.165, 1.54) is 0 Å². The van der Waals surface area contributed by atoms with Crippen LogP contribution in [-0.2, 0) is 0 Å². The van der Waals surface area contributed by atoms with Crippen molar-refractivity contribution in [3.05, 3.63) is 53.7 Å². The van der Waals surface area contributed by atoms with E-state index < -0.39 is 5.97 Å². The van der Waals surface area contributed by atoms with Gasteiger partial charge in [0.1, 0.15) is 5.75 Å². The molecule has 2 aromatic rings. The number of carboxylic acid groups (broad SMARTS) is 1. The van der Waals surface area contributed by atoms with Crippen LogP contribution in [0.3, 0.4) is 0 Å². The van der Waals surface area contributed by atoms with Gasteiger partial charge >= 0.3 is 5.97 Å². The molecule has 0 bridgehead atoms. The van der Waals surface area contributed by atoms with Crippen molar-refractivity contribution in [2.24, 2.45) is 0 Å². The lowest BCUT2D eigenvalue weighted by atomic mass is 10.1. The van der Waals surface area contributed by atoms with Crippen molar-refractivity contribution in [3.63, 3.8) is 0 Å². The first kappa shape index (κ1) is 14.1. The Labute approximate surface area is 128 Å². The van der Waals surface area contributed by atoms with Gasteiger partial charge in [-0.1, -0.05) is 24.3 Å². The summed E-state index contributed by atoms with van der Waals surface area (Å²) in [7, 11) is 0. The van der Waals surface area contributed by atoms with Crippen molar-refractivity contribution >= 4 is 17.2 Å². The Hall–Kier alpha value is -2.82. The number of hydrogen-bond acceptors (Lipinski definition) is 4. The molecule has 0 spiro atoms. The number of rotatable bonds is 4. The molecule has 3 N–H and O–H groups in total. The van der Waals surface area contributed by atoms with Crippen LogP contribution in [-0.4, -0.2) is 16.1 Å². The first-order valence-electron chi connectivity index (χ1n) is 7.11. The minimum Gasteiger partial charge on any atom is -0.476 e. The van der Waals surface area contributed by atoms with Gasteiger partial charge in [-0.3, -0.25) is 0 Å². The molecule has 0 saturated carbocycles. The molecule has 1 aromatic heterocycles. The molecular formula is C17H16N2O3. The Kier molecular flexibility index (Phi) is 3.78. The first-order chi connectivity index (χ1) is 10.6. The molecule has 1 aromatic carbocycles. The van der Waals surface area contributed by atoms with E-state index in [4.69, 9.17) is 10.5 Å². The molecule has 3 rings (SSSR count). The van der Waals surface area contributed by atoms with Crippen LogP contribution in [0.4, 0.5) is 5.69 Å². The minimum atomic E-state index is -1.16. The van der Waals surface area contributed by atoms with Crippen LogP contribution in [0.1, 0.15) is 35.3 Å². The molecule has 0 radical (unpaired) electrons. The van der Waals surface area contributed by atoms with Crippen molar-refractivity contribution in [2.45, 2.75) is 19.3 Å². The Morgan fingerprint density at radius 2 is 2.05 bits per heavy atom. The number of allylic oxidation sites excluding steroid dienone is 2. The van der Waals surface area contributed by atoms with Gasteiger partial charge in [-0.2, -0.15) is 0 Å². The van der Waals surface area contributed by atoms with Gasteiger partial charge in [-0.25, -0.2) is 9.78 Å². The van der Waals surface area contributed by atoms with Gasteiger partial charge in [0.15, 0.2) is 5.69 Å². The smallest absolute Gasteiger partial charge is 0.356 e. The van der Waals surface area contributed by atoms with Crippen molar-refractivity contribution in [1.82, 2.24) is 4.98 Å². The highest BCUT2D eigenvalue weighted by Gasteiger charge is 2.20. The average Bonchev–Trinajstić information content (AvgIpc) is 3.03. The topological polar surface area (TPSA) is 85.4 Å². The Morgan fingerprint density at radius 3 is 2.68 bits per heavy atom. The van der Waals surface area contributed by atoms with E-state index in [9.17, 15) is 9.90 Å². The number of hydrogen-bond donors (Lipinski definition) is 2. The molecule has 1 aliphatic carbocycles. The largest absolute Gasteiger partial charge is 0.476 e. The standard InChI is InChI=1S/C17H16N2O3/c18-14-10-13(11-6-4-5-7-11)16(19-15(14)17(20)21)22-12-8-2-1-3-9-12/h1-3,6,8-10H,4-5,7,18H2,(H,20,21). The van der Waals surface area contributed by atoms with Gasteiger partial charge in [-0.15, -0.1) is 0 Å². The van der Waals surface area contributed by atoms with Crippen molar-refractivity contribution < 1.29 is 14.6 Å². The number of para-hydroxylation sites is 1. The van der Waals surface area contributed by atoms with Crippen LogP contribution in [0.25, 0.3) is 5.57 Å². The van der Waals surface area contributed by atoms with Gasteiger partial charge < -0.3 is 15.6 Å². The van der Waals surface area contributed by atoms with Gasteiger partial charge in [0.25, 0.3) is 0 Å². The molecule has 0 amide bonds. The Bertz CT molecular complexity index is 739. The van der Waals surface area contributed by atoms with Gasteiger partial charge in [0.2, 0.25) is 5.88 Å². The number of nitrogens with two attached hydrogens (primary N) is 1. The fraction of sp³-hybridized carbons (Fsp3) is 0.176. The van der Waals surface area contributed by atoms with Gasteiger partial charge in [0, 0.05) is 5.56 Å². The maximum Gasteiger partial charge on any atom is 0.356 e. The molecule has 5 heteroatoms. The molecular weight excluding hydrogens is 280 g/mol. The lowest BCUT2D eigenvalue weighted by Gasteiger charge is -2.13. The highest BCUT2D eigenvalue weighted by atomic mass is 16.5. The van der Waals surface area contributed by atoms with Crippen LogP contribution >= 0.6 is 0 Å². The summed E-state index contributed by atoms with van der Waals surface area (Å²) in [4.78, 5) is 15.4. The number of pyridine rings is 1. The van der Waals surface area contributed by atoms with Crippen LogP contribution in [0.2, 0.25) is 0 Å². The highest BCUT2D eigenvalue weighted by molar-refractivity contribution is 5.92. The number of aromatic nitrogens is 1. The van der Waals surface area contributed by atoms with Crippen molar-refractivity contribution in [1.29, 1.82) is 0 Å². The molecule has 0 atom stereocenters. The number of nitrogen functional groups attached to an aromatic ring is 1. The summed E-state index contributed by atoms with van der Waals surface area (Å²) in [6.45, 7) is 0. The lowest BCUT2D eigenvalue weighted by molar-refractivity contribution is 0.0691. The fourth-order valence-electron chi connectivity index (χ4n) is 2.51. The normalized spacial score (nSPS) is 13.7. The second kappa shape index (κ2) is 5.89. The van der Waals surface area contributed by atoms with Gasteiger partial charge in [-0.05, 0) is 43.0 Å². The van der Waals surface area contributed by atoms with Gasteiger partial charge in [0.05, 0.1) is 5.69 Å². The van der Waals surface area contributed by atoms with E-state index in [0.29, 0.717) is 5.75 Å². The van der Waals surface area contributed by atoms with Crippen molar-refractivity contribution in [3.8, 4) is 11.6 Å². The third kappa shape index (κ3) is 2.79. The molecule has 0 saturated heterocycles. The SMILES string of the molecule is Nc1cc(C2=CCCC2)c(Oc2ccccc2)nc1C(=O)O. The number of carboxylic acids is 1. The zero-order chi connectivity index (χ0) is 15.5. The van der Waals surface area contributed by atoms with Crippen molar-refractivity contribution in [2.75, 3.05) is 5.73 Å². The summed E-state index contributed by atoms with van der Waals surface area (Å²) in [6.07, 6.45) is 5.11. The minimum absolute atomic E-state index is 0.149. The molecule has 22 heavy (non-hydrogen) atoms. The summed E-state index contributed by atoms with van der Waals surface area (Å²) in [5.74, 6) is -0.274. The zero-order valence-electron chi connectivity index (χ0n) is 12.0. The average molecular weight is 296 g/mol. The summed E-state index contributed by atoms with van der Waals surface area (Å²) >= 11 is 0. The molecule has 1 heterocycles. The van der Waals surface area contributed by atoms with Crippen LogP contribution in [0, 0.1) is 0 Å².